The third-order valence-corrected chi connectivity index (χ3v) is 8.48. The summed E-state index contributed by atoms with van der Waals surface area (Å²) in [6, 6.07) is 16.7. The largest absolute Gasteiger partial charge is 0.497 e. The van der Waals surface area contributed by atoms with Gasteiger partial charge in [0.05, 0.1) is 17.7 Å². The van der Waals surface area contributed by atoms with Gasteiger partial charge in [0.25, 0.3) is 10.0 Å². The second-order valence-corrected chi connectivity index (χ2v) is 11.6. The molecule has 0 unspecified atom stereocenters. The van der Waals surface area contributed by atoms with E-state index in [-0.39, 0.29) is 23.0 Å². The van der Waals surface area contributed by atoms with E-state index in [1.54, 1.807) is 62.4 Å². The highest BCUT2D eigenvalue weighted by molar-refractivity contribution is 7.92. The number of nitrogens with zero attached hydrogens (tertiary/aromatic N) is 2. The number of hydrogen-bond donors (Lipinski definition) is 1. The number of carbonyl (C=O) groups excluding carboxylic acids is 2. The summed E-state index contributed by atoms with van der Waals surface area (Å²) < 4.78 is 34.0. The van der Waals surface area contributed by atoms with E-state index >= 15 is 0 Å². The van der Waals surface area contributed by atoms with Crippen LogP contribution in [0.15, 0.2) is 71.6 Å². The molecule has 0 heterocycles. The van der Waals surface area contributed by atoms with Gasteiger partial charge in [0, 0.05) is 29.2 Å². The Kier molecular flexibility index (Phi) is 10.2. The fraction of sp³-hybridized carbons (Fsp3) is 0.286. The number of benzene rings is 3. The molecule has 0 bridgehead atoms. The van der Waals surface area contributed by atoms with Crippen molar-refractivity contribution in [1.82, 2.24) is 10.2 Å². The van der Waals surface area contributed by atoms with Crippen LogP contribution >= 0.6 is 23.2 Å². The molecule has 0 radical (unpaired) electrons. The number of hydrogen-bond acceptors (Lipinski definition) is 5. The molecule has 0 aliphatic rings. The topological polar surface area (TPSA) is 96.0 Å². The Morgan fingerprint density at radius 1 is 1.03 bits per heavy atom. The van der Waals surface area contributed by atoms with Crippen molar-refractivity contribution in [1.29, 1.82) is 0 Å². The number of amides is 2. The molecule has 3 aromatic rings. The van der Waals surface area contributed by atoms with E-state index in [2.05, 4.69) is 5.32 Å². The fourth-order valence-corrected chi connectivity index (χ4v) is 5.74. The fourth-order valence-electron chi connectivity index (χ4n) is 3.87. The zero-order valence-corrected chi connectivity index (χ0v) is 24.5. The number of ether oxygens (including phenoxy) is 1. The summed E-state index contributed by atoms with van der Waals surface area (Å²) in [5.41, 5.74) is 1.68. The van der Waals surface area contributed by atoms with E-state index in [9.17, 15) is 18.0 Å². The highest BCUT2D eigenvalue weighted by Gasteiger charge is 2.33. The first kappa shape index (κ1) is 30.3. The molecule has 0 spiro atoms. The SMILES string of the molecule is CCNC(=O)[C@H](C)N(Cc1ccc(Cl)cc1Cl)C(=O)CN(c1cccc(OC)c1)S(=O)(=O)c1ccc(C)cc1. The normalized spacial score (nSPS) is 11.9. The number of methoxy groups -OCH3 is 1. The van der Waals surface area contributed by atoms with Crippen molar-refractivity contribution >= 4 is 50.7 Å². The Morgan fingerprint density at radius 2 is 1.72 bits per heavy atom. The van der Waals surface area contributed by atoms with Crippen molar-refractivity contribution < 1.29 is 22.7 Å². The van der Waals surface area contributed by atoms with Crippen LogP contribution < -0.4 is 14.4 Å². The van der Waals surface area contributed by atoms with E-state index < -0.39 is 28.5 Å². The van der Waals surface area contributed by atoms with Gasteiger partial charge in [0.2, 0.25) is 11.8 Å². The second-order valence-electron chi connectivity index (χ2n) is 8.85. The molecular formula is C28H31Cl2N3O5S. The number of aryl methyl sites for hydroxylation is 1. The minimum absolute atomic E-state index is 0.0211. The monoisotopic (exact) mass is 591 g/mol. The van der Waals surface area contributed by atoms with E-state index in [1.807, 2.05) is 6.92 Å². The average molecular weight is 593 g/mol. The lowest BCUT2D eigenvalue weighted by molar-refractivity contribution is -0.139. The quantitative estimate of drug-likeness (QED) is 0.336. The van der Waals surface area contributed by atoms with E-state index in [0.29, 0.717) is 27.9 Å². The summed E-state index contributed by atoms with van der Waals surface area (Å²) in [6.07, 6.45) is 0. The van der Waals surface area contributed by atoms with Gasteiger partial charge in [-0.05, 0) is 62.7 Å². The van der Waals surface area contributed by atoms with Crippen molar-refractivity contribution in [3.05, 3.63) is 87.9 Å². The summed E-state index contributed by atoms with van der Waals surface area (Å²) in [5.74, 6) is -0.562. The van der Waals surface area contributed by atoms with Gasteiger partial charge in [0.15, 0.2) is 0 Å². The van der Waals surface area contributed by atoms with Gasteiger partial charge in [-0.25, -0.2) is 8.42 Å². The van der Waals surface area contributed by atoms with Gasteiger partial charge in [0.1, 0.15) is 18.3 Å². The van der Waals surface area contributed by atoms with Gasteiger partial charge < -0.3 is 15.0 Å². The lowest BCUT2D eigenvalue weighted by atomic mass is 10.1. The lowest BCUT2D eigenvalue weighted by Gasteiger charge is -2.32. The maximum absolute atomic E-state index is 13.9. The van der Waals surface area contributed by atoms with E-state index in [4.69, 9.17) is 27.9 Å². The molecule has 39 heavy (non-hydrogen) atoms. The predicted molar refractivity (Wildman–Crippen MR) is 154 cm³/mol. The van der Waals surface area contributed by atoms with Crippen molar-refractivity contribution in [3.63, 3.8) is 0 Å². The van der Waals surface area contributed by atoms with Gasteiger partial charge in [-0.3, -0.25) is 13.9 Å². The summed E-state index contributed by atoms with van der Waals surface area (Å²) >= 11 is 12.4. The van der Waals surface area contributed by atoms with Crippen LogP contribution in [0, 0.1) is 6.92 Å². The molecule has 0 fully saturated rings. The third-order valence-electron chi connectivity index (χ3n) is 6.10. The first-order valence-corrected chi connectivity index (χ1v) is 14.4. The minimum atomic E-state index is -4.18. The molecule has 8 nitrogen and oxygen atoms in total. The smallest absolute Gasteiger partial charge is 0.264 e. The molecule has 0 aliphatic carbocycles. The van der Waals surface area contributed by atoms with Crippen LogP contribution in [0.25, 0.3) is 0 Å². The van der Waals surface area contributed by atoms with E-state index in [1.165, 1.54) is 30.2 Å². The first-order valence-electron chi connectivity index (χ1n) is 12.2. The Balaban J connectivity index is 2.07. The van der Waals surface area contributed by atoms with Gasteiger partial charge in [-0.15, -0.1) is 0 Å². The molecule has 0 aliphatic heterocycles. The van der Waals surface area contributed by atoms with Crippen molar-refractivity contribution in [2.75, 3.05) is 24.5 Å². The molecule has 0 aromatic heterocycles. The molecule has 1 atom stereocenters. The first-order chi connectivity index (χ1) is 18.5. The van der Waals surface area contributed by atoms with Crippen LogP contribution in [-0.4, -0.2) is 51.4 Å². The zero-order valence-electron chi connectivity index (χ0n) is 22.1. The van der Waals surface area contributed by atoms with Crippen molar-refractivity contribution in [3.8, 4) is 5.75 Å². The van der Waals surface area contributed by atoms with Gasteiger partial charge in [-0.1, -0.05) is 53.0 Å². The minimum Gasteiger partial charge on any atom is -0.497 e. The molecule has 3 rings (SSSR count). The molecule has 1 N–H and O–H groups in total. The molecule has 0 saturated heterocycles. The predicted octanol–water partition coefficient (Wildman–Crippen LogP) is 5.06. The van der Waals surface area contributed by atoms with Crippen LogP contribution in [0.3, 0.4) is 0 Å². The standard InChI is InChI=1S/C28H31Cl2N3O5S/c1-5-31-28(35)20(3)32(17-21-11-12-22(29)15-26(21)30)27(34)18-33(23-7-6-8-24(16-23)38-4)39(36,37)25-13-9-19(2)10-14-25/h6-16,20H,5,17-18H2,1-4H3,(H,31,35)/t20-/m0/s1. The van der Waals surface area contributed by atoms with Gasteiger partial charge >= 0.3 is 0 Å². The molecule has 3 aromatic carbocycles. The molecule has 208 valence electrons. The number of halogens is 2. The zero-order chi connectivity index (χ0) is 28.7. The summed E-state index contributed by atoms with van der Waals surface area (Å²) in [7, 11) is -2.71. The molecule has 2 amide bonds. The van der Waals surface area contributed by atoms with Crippen molar-refractivity contribution in [2.24, 2.45) is 0 Å². The van der Waals surface area contributed by atoms with Crippen LogP contribution in [0.4, 0.5) is 5.69 Å². The summed E-state index contributed by atoms with van der Waals surface area (Å²) in [4.78, 5) is 28.0. The summed E-state index contributed by atoms with van der Waals surface area (Å²) in [6.45, 7) is 4.96. The van der Waals surface area contributed by atoms with Crippen LogP contribution in [0.5, 0.6) is 5.75 Å². The Hall–Kier alpha value is -3.27. The number of sulfonamides is 1. The highest BCUT2D eigenvalue weighted by atomic mass is 35.5. The number of likely N-dealkylation sites (N-methyl/N-ethyl adjacent to an activating group) is 1. The molecule has 11 heteroatoms. The second kappa shape index (κ2) is 13.2. The Morgan fingerprint density at radius 3 is 2.33 bits per heavy atom. The lowest BCUT2D eigenvalue weighted by Crippen LogP contribution is -2.51. The number of rotatable bonds is 11. The number of carbonyl (C=O) groups is 2. The van der Waals surface area contributed by atoms with Crippen LogP contribution in [0.1, 0.15) is 25.0 Å². The van der Waals surface area contributed by atoms with Gasteiger partial charge in [-0.2, -0.15) is 0 Å². The molecule has 0 saturated carbocycles. The van der Waals surface area contributed by atoms with Crippen LogP contribution in [-0.2, 0) is 26.2 Å². The Bertz CT molecular complexity index is 1430. The Labute approximate surface area is 239 Å². The van der Waals surface area contributed by atoms with Crippen molar-refractivity contribution in [2.45, 2.75) is 38.3 Å². The maximum Gasteiger partial charge on any atom is 0.264 e. The van der Waals surface area contributed by atoms with Crippen LogP contribution in [0.2, 0.25) is 10.0 Å². The van der Waals surface area contributed by atoms with E-state index in [0.717, 1.165) is 9.87 Å². The summed E-state index contributed by atoms with van der Waals surface area (Å²) in [5, 5.41) is 3.46. The maximum atomic E-state index is 13.9. The number of anilines is 1. The third kappa shape index (κ3) is 7.44. The number of nitrogens with one attached hydrogen (secondary N) is 1. The molecular weight excluding hydrogens is 561 g/mol. The average Bonchev–Trinajstić information content (AvgIpc) is 2.91. The highest BCUT2D eigenvalue weighted by Crippen LogP contribution is 2.28.